The first kappa shape index (κ1) is 9.77. The second kappa shape index (κ2) is 4.17. The summed E-state index contributed by atoms with van der Waals surface area (Å²) in [5.74, 6) is -0.0924. The number of hydrogen-bond donors (Lipinski definition) is 0. The van der Waals surface area contributed by atoms with E-state index in [0.29, 0.717) is 24.8 Å². The Labute approximate surface area is 87.8 Å². The van der Waals surface area contributed by atoms with Gasteiger partial charge in [0, 0.05) is 25.2 Å². The SMILES string of the molecule is O=C1CCCC(=O)C1=Cc1cccnc1. The molecule has 0 atom stereocenters. The fourth-order valence-electron chi connectivity index (χ4n) is 1.62. The van der Waals surface area contributed by atoms with E-state index in [1.165, 1.54) is 0 Å². The number of hydrogen-bond acceptors (Lipinski definition) is 3. The van der Waals surface area contributed by atoms with E-state index < -0.39 is 0 Å². The molecule has 3 nitrogen and oxygen atoms in total. The standard InChI is InChI=1S/C12H11NO2/c14-11-4-1-5-12(15)10(11)7-9-3-2-6-13-8-9/h2-3,6-8H,1,4-5H2. The molecule has 1 heterocycles. The van der Waals surface area contributed by atoms with Gasteiger partial charge in [-0.1, -0.05) is 6.07 Å². The summed E-state index contributed by atoms with van der Waals surface area (Å²) in [6.07, 6.45) is 6.59. The van der Waals surface area contributed by atoms with Gasteiger partial charge in [0.1, 0.15) is 0 Å². The lowest BCUT2D eigenvalue weighted by Gasteiger charge is -2.10. The molecule has 0 aliphatic heterocycles. The van der Waals surface area contributed by atoms with Crippen LogP contribution >= 0.6 is 0 Å². The quantitative estimate of drug-likeness (QED) is 0.514. The van der Waals surface area contributed by atoms with Crippen LogP contribution in [0.1, 0.15) is 24.8 Å². The zero-order valence-corrected chi connectivity index (χ0v) is 8.27. The molecule has 76 valence electrons. The van der Waals surface area contributed by atoms with Crippen molar-refractivity contribution in [2.45, 2.75) is 19.3 Å². The highest BCUT2D eigenvalue weighted by molar-refractivity contribution is 6.24. The van der Waals surface area contributed by atoms with Crippen LogP contribution < -0.4 is 0 Å². The highest BCUT2D eigenvalue weighted by Gasteiger charge is 2.22. The first-order chi connectivity index (χ1) is 7.27. The van der Waals surface area contributed by atoms with Crippen molar-refractivity contribution in [3.8, 4) is 0 Å². The van der Waals surface area contributed by atoms with Crippen molar-refractivity contribution in [1.29, 1.82) is 0 Å². The van der Waals surface area contributed by atoms with Crippen LogP contribution in [0.5, 0.6) is 0 Å². The molecule has 0 aromatic carbocycles. The predicted octanol–water partition coefficient (Wildman–Crippen LogP) is 1.79. The van der Waals surface area contributed by atoms with Crippen molar-refractivity contribution in [1.82, 2.24) is 4.98 Å². The lowest BCUT2D eigenvalue weighted by atomic mass is 9.91. The van der Waals surface area contributed by atoms with Crippen LogP contribution in [0.15, 0.2) is 30.1 Å². The van der Waals surface area contributed by atoms with Crippen LogP contribution in [0.2, 0.25) is 0 Å². The zero-order valence-electron chi connectivity index (χ0n) is 8.27. The number of nitrogens with zero attached hydrogens (tertiary/aromatic N) is 1. The Kier molecular flexibility index (Phi) is 2.72. The molecule has 15 heavy (non-hydrogen) atoms. The summed E-state index contributed by atoms with van der Waals surface area (Å²) >= 11 is 0. The van der Waals surface area contributed by atoms with E-state index in [1.807, 2.05) is 6.07 Å². The number of carbonyl (C=O) groups excluding carboxylic acids is 2. The fraction of sp³-hybridized carbons (Fsp3) is 0.250. The van der Waals surface area contributed by atoms with E-state index in [4.69, 9.17) is 0 Å². The molecular weight excluding hydrogens is 190 g/mol. The minimum Gasteiger partial charge on any atom is -0.294 e. The van der Waals surface area contributed by atoms with E-state index in [2.05, 4.69) is 4.98 Å². The molecule has 0 unspecified atom stereocenters. The van der Waals surface area contributed by atoms with Crippen LogP contribution in [-0.4, -0.2) is 16.6 Å². The van der Waals surface area contributed by atoms with E-state index in [1.54, 1.807) is 24.5 Å². The zero-order chi connectivity index (χ0) is 10.7. The highest BCUT2D eigenvalue weighted by atomic mass is 16.1. The first-order valence-electron chi connectivity index (χ1n) is 4.95. The van der Waals surface area contributed by atoms with Crippen LogP contribution in [0, 0.1) is 0 Å². The summed E-state index contributed by atoms with van der Waals surface area (Å²) in [5, 5.41) is 0. The van der Waals surface area contributed by atoms with Gasteiger partial charge in [0.2, 0.25) is 0 Å². The van der Waals surface area contributed by atoms with Gasteiger partial charge in [-0.25, -0.2) is 0 Å². The summed E-state index contributed by atoms with van der Waals surface area (Å²) < 4.78 is 0. The molecule has 1 aromatic heterocycles. The molecule has 1 saturated carbocycles. The summed E-state index contributed by atoms with van der Waals surface area (Å²) in [4.78, 5) is 26.9. The fourth-order valence-corrected chi connectivity index (χ4v) is 1.62. The molecular formula is C12H11NO2. The number of pyridine rings is 1. The molecule has 0 radical (unpaired) electrons. The van der Waals surface area contributed by atoms with Gasteiger partial charge in [0.15, 0.2) is 11.6 Å². The molecule has 0 N–H and O–H groups in total. The lowest BCUT2D eigenvalue weighted by molar-refractivity contribution is -0.123. The summed E-state index contributed by atoms with van der Waals surface area (Å²) in [6, 6.07) is 3.61. The summed E-state index contributed by atoms with van der Waals surface area (Å²) in [7, 11) is 0. The maximum atomic E-state index is 11.5. The van der Waals surface area contributed by atoms with Crippen LogP contribution in [0.4, 0.5) is 0 Å². The maximum absolute atomic E-state index is 11.5. The van der Waals surface area contributed by atoms with E-state index in [-0.39, 0.29) is 11.6 Å². The number of Topliss-reactive ketones (excluding diaryl/α,β-unsaturated/α-hetero) is 2. The van der Waals surface area contributed by atoms with Crippen LogP contribution in [0.3, 0.4) is 0 Å². The topological polar surface area (TPSA) is 47.0 Å². The third kappa shape index (κ3) is 2.18. The minimum absolute atomic E-state index is 0.0462. The van der Waals surface area contributed by atoms with Crippen molar-refractivity contribution >= 4 is 17.6 Å². The van der Waals surface area contributed by atoms with Gasteiger partial charge >= 0.3 is 0 Å². The highest BCUT2D eigenvalue weighted by Crippen LogP contribution is 2.18. The average molecular weight is 201 g/mol. The number of carbonyl (C=O) groups is 2. The second-order valence-electron chi connectivity index (χ2n) is 3.54. The molecule has 1 aliphatic carbocycles. The van der Waals surface area contributed by atoms with Gasteiger partial charge in [0.05, 0.1) is 5.57 Å². The Hall–Kier alpha value is -1.77. The van der Waals surface area contributed by atoms with Crippen molar-refractivity contribution in [2.24, 2.45) is 0 Å². The number of aromatic nitrogens is 1. The normalized spacial score (nSPS) is 16.7. The Balaban J connectivity index is 2.32. The molecule has 2 rings (SSSR count). The van der Waals surface area contributed by atoms with E-state index >= 15 is 0 Å². The van der Waals surface area contributed by atoms with Gasteiger partial charge in [-0.05, 0) is 24.1 Å². The van der Waals surface area contributed by atoms with Crippen molar-refractivity contribution in [3.05, 3.63) is 35.7 Å². The van der Waals surface area contributed by atoms with Crippen molar-refractivity contribution in [2.75, 3.05) is 0 Å². The second-order valence-corrected chi connectivity index (χ2v) is 3.54. The van der Waals surface area contributed by atoms with E-state index in [0.717, 1.165) is 5.56 Å². The molecule has 1 aliphatic rings. The summed E-state index contributed by atoms with van der Waals surface area (Å²) in [5.41, 5.74) is 1.13. The molecule has 0 saturated heterocycles. The Bertz CT molecular complexity index is 403. The number of rotatable bonds is 1. The predicted molar refractivity (Wildman–Crippen MR) is 56.1 cm³/mol. The van der Waals surface area contributed by atoms with Crippen LogP contribution in [-0.2, 0) is 9.59 Å². The molecule has 0 amide bonds. The smallest absolute Gasteiger partial charge is 0.166 e. The third-order valence-corrected chi connectivity index (χ3v) is 2.40. The molecule has 0 bridgehead atoms. The van der Waals surface area contributed by atoms with Crippen LogP contribution in [0.25, 0.3) is 6.08 Å². The largest absolute Gasteiger partial charge is 0.294 e. The first-order valence-corrected chi connectivity index (χ1v) is 4.95. The number of allylic oxidation sites excluding steroid dienone is 1. The lowest BCUT2D eigenvalue weighted by Crippen LogP contribution is -2.18. The Morgan fingerprint density at radius 3 is 2.53 bits per heavy atom. The molecule has 1 aromatic rings. The molecule has 3 heteroatoms. The molecule has 1 fully saturated rings. The Morgan fingerprint density at radius 2 is 1.93 bits per heavy atom. The Morgan fingerprint density at radius 1 is 1.20 bits per heavy atom. The van der Waals surface area contributed by atoms with Gasteiger partial charge in [0.25, 0.3) is 0 Å². The van der Waals surface area contributed by atoms with Gasteiger partial charge in [-0.2, -0.15) is 0 Å². The third-order valence-electron chi connectivity index (χ3n) is 2.40. The average Bonchev–Trinajstić information content (AvgIpc) is 2.25. The van der Waals surface area contributed by atoms with Gasteiger partial charge < -0.3 is 0 Å². The number of ketones is 2. The van der Waals surface area contributed by atoms with Gasteiger partial charge in [-0.3, -0.25) is 14.6 Å². The van der Waals surface area contributed by atoms with Gasteiger partial charge in [-0.15, -0.1) is 0 Å². The minimum atomic E-state index is -0.0462. The van der Waals surface area contributed by atoms with Crippen molar-refractivity contribution in [3.63, 3.8) is 0 Å². The van der Waals surface area contributed by atoms with Crippen molar-refractivity contribution < 1.29 is 9.59 Å². The summed E-state index contributed by atoms with van der Waals surface area (Å²) in [6.45, 7) is 0. The molecule has 0 spiro atoms. The van der Waals surface area contributed by atoms with E-state index in [9.17, 15) is 9.59 Å². The monoisotopic (exact) mass is 201 g/mol. The maximum Gasteiger partial charge on any atom is 0.166 e.